The number of ether oxygens (including phenoxy) is 1. The second-order valence-corrected chi connectivity index (χ2v) is 5.63. The molecule has 92 valence electrons. The van der Waals surface area contributed by atoms with Crippen molar-refractivity contribution in [1.29, 1.82) is 0 Å². The predicted molar refractivity (Wildman–Crippen MR) is 70.0 cm³/mol. The number of aryl methyl sites for hydroxylation is 1. The Morgan fingerprint density at radius 2 is 2.18 bits per heavy atom. The standard InChI is InChI=1S/C14H18ClNO/c1-17-13-11(14(8-16)5-6-14)7-9-3-2-4-10(9)12(13)15/h7H,2-6,8,16H2,1H3. The molecule has 1 saturated carbocycles. The SMILES string of the molecule is COc1c(C2(CN)CC2)cc2c(c1Cl)CCC2. The van der Waals surface area contributed by atoms with E-state index in [-0.39, 0.29) is 5.41 Å². The van der Waals surface area contributed by atoms with E-state index in [1.54, 1.807) is 7.11 Å². The summed E-state index contributed by atoms with van der Waals surface area (Å²) in [6, 6.07) is 2.30. The zero-order valence-corrected chi connectivity index (χ0v) is 10.9. The highest BCUT2D eigenvalue weighted by Gasteiger charge is 2.46. The van der Waals surface area contributed by atoms with Crippen LogP contribution in [0.5, 0.6) is 5.75 Å². The van der Waals surface area contributed by atoms with E-state index in [2.05, 4.69) is 6.07 Å². The summed E-state index contributed by atoms with van der Waals surface area (Å²) in [5.74, 6) is 0.871. The molecule has 3 heteroatoms. The van der Waals surface area contributed by atoms with Gasteiger partial charge in [0.15, 0.2) is 0 Å². The van der Waals surface area contributed by atoms with E-state index in [1.807, 2.05) is 0 Å². The number of nitrogens with two attached hydrogens (primary N) is 1. The van der Waals surface area contributed by atoms with Crippen LogP contribution >= 0.6 is 11.6 Å². The number of methoxy groups -OCH3 is 1. The van der Waals surface area contributed by atoms with Gasteiger partial charge in [-0.2, -0.15) is 0 Å². The highest BCUT2D eigenvalue weighted by Crippen LogP contribution is 2.53. The van der Waals surface area contributed by atoms with Crippen LogP contribution in [0.2, 0.25) is 5.02 Å². The van der Waals surface area contributed by atoms with Crippen molar-refractivity contribution >= 4 is 11.6 Å². The summed E-state index contributed by atoms with van der Waals surface area (Å²) in [6.45, 7) is 0.693. The Kier molecular flexibility index (Phi) is 2.60. The normalized spacial score (nSPS) is 20.2. The third kappa shape index (κ3) is 1.58. The second-order valence-electron chi connectivity index (χ2n) is 5.25. The highest BCUT2D eigenvalue weighted by atomic mass is 35.5. The molecule has 1 aromatic rings. The Balaban J connectivity index is 2.18. The van der Waals surface area contributed by atoms with Gasteiger partial charge in [0.2, 0.25) is 0 Å². The zero-order valence-electron chi connectivity index (χ0n) is 10.2. The molecule has 0 radical (unpaired) electrons. The van der Waals surface area contributed by atoms with Crippen molar-refractivity contribution in [2.45, 2.75) is 37.5 Å². The van der Waals surface area contributed by atoms with E-state index in [0.717, 1.165) is 36.5 Å². The quantitative estimate of drug-likeness (QED) is 0.897. The van der Waals surface area contributed by atoms with E-state index in [1.165, 1.54) is 23.1 Å². The minimum Gasteiger partial charge on any atom is -0.495 e. The minimum atomic E-state index is 0.145. The van der Waals surface area contributed by atoms with Crippen LogP contribution in [0.15, 0.2) is 6.07 Å². The summed E-state index contributed by atoms with van der Waals surface area (Å²) in [5.41, 5.74) is 10.0. The van der Waals surface area contributed by atoms with E-state index in [4.69, 9.17) is 22.1 Å². The minimum absolute atomic E-state index is 0.145. The van der Waals surface area contributed by atoms with Crippen molar-refractivity contribution in [3.8, 4) is 5.75 Å². The van der Waals surface area contributed by atoms with Crippen LogP contribution in [0.1, 0.15) is 36.0 Å². The van der Waals surface area contributed by atoms with Crippen molar-refractivity contribution in [2.75, 3.05) is 13.7 Å². The average Bonchev–Trinajstić information content (AvgIpc) is 3.00. The first kappa shape index (κ1) is 11.4. The third-order valence-electron chi connectivity index (χ3n) is 4.31. The van der Waals surface area contributed by atoms with Gasteiger partial charge in [-0.15, -0.1) is 0 Å². The molecule has 1 fully saturated rings. The molecule has 3 rings (SSSR count). The Labute approximate surface area is 107 Å². The Hall–Kier alpha value is -0.730. The number of fused-ring (bicyclic) bond motifs is 1. The van der Waals surface area contributed by atoms with Crippen molar-refractivity contribution in [2.24, 2.45) is 5.73 Å². The predicted octanol–water partition coefficient (Wildman–Crippen LogP) is 2.83. The first-order chi connectivity index (χ1) is 8.22. The maximum absolute atomic E-state index is 6.48. The van der Waals surface area contributed by atoms with Crippen LogP contribution in [-0.2, 0) is 18.3 Å². The molecule has 0 heterocycles. The molecule has 2 aliphatic rings. The van der Waals surface area contributed by atoms with Gasteiger partial charge in [0.1, 0.15) is 5.75 Å². The molecule has 0 spiro atoms. The topological polar surface area (TPSA) is 35.2 Å². The molecule has 2 N–H and O–H groups in total. The summed E-state index contributed by atoms with van der Waals surface area (Å²) in [6.07, 6.45) is 5.76. The van der Waals surface area contributed by atoms with Gasteiger partial charge in [0.05, 0.1) is 12.1 Å². The van der Waals surface area contributed by atoms with E-state index < -0.39 is 0 Å². The maximum atomic E-state index is 6.48. The van der Waals surface area contributed by atoms with Crippen LogP contribution in [0.4, 0.5) is 0 Å². The fourth-order valence-corrected chi connectivity index (χ4v) is 3.39. The summed E-state index contributed by atoms with van der Waals surface area (Å²) in [4.78, 5) is 0. The second kappa shape index (κ2) is 3.89. The van der Waals surface area contributed by atoms with Gasteiger partial charge < -0.3 is 10.5 Å². The molecule has 0 atom stereocenters. The van der Waals surface area contributed by atoms with Gasteiger partial charge in [-0.25, -0.2) is 0 Å². The largest absolute Gasteiger partial charge is 0.495 e. The molecule has 0 unspecified atom stereocenters. The van der Waals surface area contributed by atoms with Gasteiger partial charge in [-0.1, -0.05) is 17.7 Å². The Morgan fingerprint density at radius 3 is 2.76 bits per heavy atom. The van der Waals surface area contributed by atoms with E-state index in [9.17, 15) is 0 Å². The first-order valence-corrected chi connectivity index (χ1v) is 6.68. The van der Waals surface area contributed by atoms with Crippen LogP contribution in [0.3, 0.4) is 0 Å². The molecule has 1 aromatic carbocycles. The lowest BCUT2D eigenvalue weighted by molar-refractivity contribution is 0.404. The van der Waals surface area contributed by atoms with Gasteiger partial charge in [0.25, 0.3) is 0 Å². The van der Waals surface area contributed by atoms with Crippen LogP contribution in [0.25, 0.3) is 0 Å². The molecular formula is C14H18ClNO. The average molecular weight is 252 g/mol. The monoisotopic (exact) mass is 251 g/mol. The van der Waals surface area contributed by atoms with E-state index >= 15 is 0 Å². The fourth-order valence-electron chi connectivity index (χ4n) is 3.00. The fraction of sp³-hybridized carbons (Fsp3) is 0.571. The van der Waals surface area contributed by atoms with Crippen LogP contribution < -0.4 is 10.5 Å². The van der Waals surface area contributed by atoms with Gasteiger partial charge in [-0.3, -0.25) is 0 Å². The molecule has 0 bridgehead atoms. The molecule has 0 amide bonds. The lowest BCUT2D eigenvalue weighted by Gasteiger charge is -2.20. The molecule has 2 nitrogen and oxygen atoms in total. The molecule has 0 aliphatic heterocycles. The number of hydrogen-bond acceptors (Lipinski definition) is 2. The molecular weight excluding hydrogens is 234 g/mol. The van der Waals surface area contributed by atoms with Gasteiger partial charge >= 0.3 is 0 Å². The van der Waals surface area contributed by atoms with Crippen molar-refractivity contribution in [3.05, 3.63) is 27.8 Å². The number of rotatable bonds is 3. The lowest BCUT2D eigenvalue weighted by Crippen LogP contribution is -2.21. The number of benzene rings is 1. The van der Waals surface area contributed by atoms with Crippen molar-refractivity contribution < 1.29 is 4.74 Å². The van der Waals surface area contributed by atoms with E-state index in [0.29, 0.717) is 6.54 Å². The summed E-state index contributed by atoms with van der Waals surface area (Å²) in [5, 5.41) is 0.831. The Bertz CT molecular complexity index is 466. The summed E-state index contributed by atoms with van der Waals surface area (Å²) in [7, 11) is 1.71. The van der Waals surface area contributed by atoms with Crippen LogP contribution in [0, 0.1) is 0 Å². The molecule has 0 aromatic heterocycles. The van der Waals surface area contributed by atoms with Crippen molar-refractivity contribution in [1.82, 2.24) is 0 Å². The highest BCUT2D eigenvalue weighted by molar-refractivity contribution is 6.33. The van der Waals surface area contributed by atoms with Gasteiger partial charge in [-0.05, 0) is 43.2 Å². The van der Waals surface area contributed by atoms with Gasteiger partial charge in [0, 0.05) is 17.5 Å². The summed E-state index contributed by atoms with van der Waals surface area (Å²) < 4.78 is 5.54. The first-order valence-electron chi connectivity index (χ1n) is 6.30. The molecule has 17 heavy (non-hydrogen) atoms. The zero-order chi connectivity index (χ0) is 12.0. The molecule has 2 aliphatic carbocycles. The lowest BCUT2D eigenvalue weighted by atomic mass is 9.92. The van der Waals surface area contributed by atoms with Crippen molar-refractivity contribution in [3.63, 3.8) is 0 Å². The van der Waals surface area contributed by atoms with Crippen LogP contribution in [-0.4, -0.2) is 13.7 Å². The third-order valence-corrected chi connectivity index (χ3v) is 4.71. The Morgan fingerprint density at radius 1 is 1.41 bits per heavy atom. The smallest absolute Gasteiger partial charge is 0.141 e. The number of halogens is 1. The number of hydrogen-bond donors (Lipinski definition) is 1. The molecule has 0 saturated heterocycles. The summed E-state index contributed by atoms with van der Waals surface area (Å²) >= 11 is 6.48. The maximum Gasteiger partial charge on any atom is 0.141 e.